The van der Waals surface area contributed by atoms with Gasteiger partial charge in [0, 0.05) is 30.8 Å². The van der Waals surface area contributed by atoms with Crippen LogP contribution in [-0.4, -0.2) is 86.6 Å². The molecule has 46 heavy (non-hydrogen) atoms. The van der Waals surface area contributed by atoms with Crippen LogP contribution in [0.25, 0.3) is 0 Å². The first-order valence-corrected chi connectivity index (χ1v) is 14.1. The Labute approximate surface area is 247 Å². The summed E-state index contributed by atoms with van der Waals surface area (Å²) < 4.78 is 302. The number of alkyl halides is 21. The Balaban J connectivity index is 7.04. The first kappa shape index (κ1) is 44.6. The molecular weight excluding hydrogens is 727 g/mol. The highest BCUT2D eigenvalue weighted by atomic mass is 28.4. The lowest BCUT2D eigenvalue weighted by Gasteiger charge is -2.44. The van der Waals surface area contributed by atoms with Crippen LogP contribution in [0.5, 0.6) is 0 Å². The van der Waals surface area contributed by atoms with Gasteiger partial charge in [-0.3, -0.25) is 0 Å². The zero-order valence-electron chi connectivity index (χ0n) is 23.8. The van der Waals surface area contributed by atoms with Crippen molar-refractivity contribution in [2.75, 3.05) is 0 Å². The fourth-order valence-corrected chi connectivity index (χ4v) is 6.69. The Morgan fingerprint density at radius 1 is 0.370 bits per heavy atom. The third-order valence-electron chi connectivity index (χ3n) is 5.57. The molecule has 0 aliphatic rings. The fraction of sp³-hybridized carbons (Fsp3) is 1.00. The third kappa shape index (κ3) is 7.15. The summed E-state index contributed by atoms with van der Waals surface area (Å²) in [5, 5.41) is 0. The first-order valence-electron chi connectivity index (χ1n) is 12.2. The van der Waals surface area contributed by atoms with Gasteiger partial charge >= 0.3 is 68.3 Å². The second-order valence-electron chi connectivity index (χ2n) is 10.5. The zero-order valence-corrected chi connectivity index (χ0v) is 24.8. The second-order valence-corrected chi connectivity index (χ2v) is 13.1. The molecule has 0 unspecified atom stereocenters. The molecule has 0 heterocycles. The van der Waals surface area contributed by atoms with Gasteiger partial charge in [-0.25, -0.2) is 0 Å². The Kier molecular flexibility index (Phi) is 12.4. The average Bonchev–Trinajstić information content (AvgIpc) is 2.79. The molecule has 278 valence electrons. The quantitative estimate of drug-likeness (QED) is 0.109. The predicted molar refractivity (Wildman–Crippen MR) is 114 cm³/mol. The lowest BCUT2D eigenvalue weighted by molar-refractivity contribution is -0.474. The summed E-state index contributed by atoms with van der Waals surface area (Å²) in [6, 6.07) is -1.74. The predicted octanol–water partition coefficient (Wildman–Crippen LogP) is 9.87. The monoisotopic (exact) mass is 752 g/mol. The van der Waals surface area contributed by atoms with Crippen molar-refractivity contribution in [3.05, 3.63) is 0 Å². The minimum Gasteiger partial charge on any atom is -0.371 e. The molecule has 3 nitrogen and oxygen atoms in total. The molecule has 0 N–H and O–H groups in total. The molecule has 0 aliphatic heterocycles. The maximum absolute atomic E-state index is 14.5. The lowest BCUT2D eigenvalue weighted by Crippen LogP contribution is -2.76. The van der Waals surface area contributed by atoms with Crippen molar-refractivity contribution >= 4 is 8.80 Å². The third-order valence-corrected chi connectivity index (χ3v) is 8.92. The molecule has 0 bridgehead atoms. The molecule has 0 amide bonds. The van der Waals surface area contributed by atoms with Crippen molar-refractivity contribution in [1.29, 1.82) is 0 Å². The van der Waals surface area contributed by atoms with Crippen LogP contribution in [-0.2, 0) is 13.3 Å². The van der Waals surface area contributed by atoms with Crippen LogP contribution in [0.3, 0.4) is 0 Å². The van der Waals surface area contributed by atoms with Gasteiger partial charge in [0.15, 0.2) is 0 Å². The zero-order chi connectivity index (χ0) is 37.8. The maximum Gasteiger partial charge on any atom is 0.501 e. The molecule has 0 saturated heterocycles. The fourth-order valence-electron chi connectivity index (χ4n) is 3.40. The summed E-state index contributed by atoms with van der Waals surface area (Å²) in [6.07, 6.45) is -14.1. The van der Waals surface area contributed by atoms with E-state index in [0.717, 1.165) is 0 Å². The van der Waals surface area contributed by atoms with E-state index in [-0.39, 0.29) is 0 Å². The van der Waals surface area contributed by atoms with Crippen molar-refractivity contribution in [2.45, 2.75) is 132 Å². The van der Waals surface area contributed by atoms with E-state index in [2.05, 4.69) is 0 Å². The van der Waals surface area contributed by atoms with Crippen molar-refractivity contribution in [3.63, 3.8) is 0 Å². The molecule has 0 fully saturated rings. The largest absolute Gasteiger partial charge is 0.501 e. The molecule has 0 aromatic heterocycles. The van der Waals surface area contributed by atoms with Gasteiger partial charge in [-0.15, -0.1) is 0 Å². The molecule has 0 atom stereocenters. The molecular formula is C21H25F21O3Si. The van der Waals surface area contributed by atoms with Crippen LogP contribution in [0.4, 0.5) is 92.2 Å². The van der Waals surface area contributed by atoms with E-state index in [4.69, 9.17) is 13.3 Å². The van der Waals surface area contributed by atoms with Gasteiger partial charge in [-0.2, -0.15) is 92.2 Å². The SMILES string of the molecule is CC(C)O[Si](CCC(F)(F)C(F)(F)C(F)(F)C(F)(F)C(F)(F)C(F)(F)C(F)(F)C(F)(F)C(F)(F)C(F)(F)F)(OC(C)C)OC(C)C. The molecule has 0 rings (SSSR count). The van der Waals surface area contributed by atoms with Crippen LogP contribution >= 0.6 is 0 Å². The number of halogens is 21. The summed E-state index contributed by atoms with van der Waals surface area (Å²) >= 11 is 0. The standard InChI is InChI=1S/C21H25F21O3Si/c1-9(2)43-46(44-10(3)4,45-11(5)6)8-7-12(22,23)13(24,25)14(26,27)15(28,29)16(30,31)17(32,33)18(34,35)19(36,37)20(38,39)21(40,41)42/h9-11H,7-8H2,1-6H3. The minimum absolute atomic E-state index is 1.09. The summed E-state index contributed by atoms with van der Waals surface area (Å²) in [4.78, 5) is 0. The molecule has 0 aromatic carbocycles. The molecule has 0 aliphatic carbocycles. The highest BCUT2D eigenvalue weighted by Crippen LogP contribution is 2.66. The van der Waals surface area contributed by atoms with Crippen LogP contribution in [0.15, 0.2) is 0 Å². The molecule has 0 radical (unpaired) electrons. The van der Waals surface area contributed by atoms with Crippen molar-refractivity contribution < 1.29 is 105 Å². The van der Waals surface area contributed by atoms with Gasteiger partial charge in [0.25, 0.3) is 0 Å². The van der Waals surface area contributed by atoms with Crippen LogP contribution in [0, 0.1) is 0 Å². The highest BCUT2D eigenvalue weighted by Gasteiger charge is 2.97. The number of hydrogen-bond acceptors (Lipinski definition) is 3. The van der Waals surface area contributed by atoms with Gasteiger partial charge in [0.2, 0.25) is 0 Å². The van der Waals surface area contributed by atoms with E-state index < -0.39 is 99.1 Å². The number of hydrogen-bond donors (Lipinski definition) is 0. The Morgan fingerprint density at radius 2 is 0.587 bits per heavy atom. The second kappa shape index (κ2) is 12.8. The van der Waals surface area contributed by atoms with Crippen LogP contribution in [0.1, 0.15) is 48.0 Å². The van der Waals surface area contributed by atoms with E-state index in [1.54, 1.807) is 0 Å². The summed E-state index contributed by atoms with van der Waals surface area (Å²) in [6.45, 7) is 7.02. The molecule has 0 spiro atoms. The van der Waals surface area contributed by atoms with E-state index in [1.165, 1.54) is 41.5 Å². The van der Waals surface area contributed by atoms with Crippen molar-refractivity contribution in [1.82, 2.24) is 0 Å². The topological polar surface area (TPSA) is 27.7 Å². The lowest BCUT2D eigenvalue weighted by atomic mass is 9.86. The molecule has 0 saturated carbocycles. The van der Waals surface area contributed by atoms with Gasteiger partial charge in [-0.05, 0) is 41.5 Å². The van der Waals surface area contributed by atoms with E-state index in [9.17, 15) is 92.2 Å². The molecule has 0 aromatic rings. The number of rotatable bonds is 17. The Bertz CT molecular complexity index is 996. The van der Waals surface area contributed by atoms with Gasteiger partial charge < -0.3 is 13.3 Å². The minimum atomic E-state index is -9.21. The first-order chi connectivity index (χ1) is 19.7. The normalized spacial score (nSPS) is 16.3. The summed E-state index contributed by atoms with van der Waals surface area (Å²) in [7, 11) is -4.78. The van der Waals surface area contributed by atoms with Gasteiger partial charge in [0.05, 0.1) is 0 Å². The summed E-state index contributed by atoms with van der Waals surface area (Å²) in [5.74, 6) is -77.3. The average molecular weight is 752 g/mol. The van der Waals surface area contributed by atoms with Gasteiger partial charge in [0.1, 0.15) is 0 Å². The summed E-state index contributed by atoms with van der Waals surface area (Å²) in [5.41, 5.74) is 0. The van der Waals surface area contributed by atoms with E-state index >= 15 is 0 Å². The Hall–Kier alpha value is -1.37. The van der Waals surface area contributed by atoms with E-state index in [1.807, 2.05) is 0 Å². The van der Waals surface area contributed by atoms with E-state index in [0.29, 0.717) is 0 Å². The van der Waals surface area contributed by atoms with Crippen LogP contribution in [0.2, 0.25) is 6.04 Å². The van der Waals surface area contributed by atoms with Crippen molar-refractivity contribution in [3.8, 4) is 0 Å². The molecule has 25 heteroatoms. The van der Waals surface area contributed by atoms with Crippen molar-refractivity contribution in [2.24, 2.45) is 0 Å². The maximum atomic E-state index is 14.5. The Morgan fingerprint density at radius 3 is 0.804 bits per heavy atom. The van der Waals surface area contributed by atoms with Gasteiger partial charge in [-0.1, -0.05) is 0 Å². The highest BCUT2D eigenvalue weighted by molar-refractivity contribution is 6.60. The van der Waals surface area contributed by atoms with Crippen LogP contribution < -0.4 is 0 Å². The smallest absolute Gasteiger partial charge is 0.371 e.